The summed E-state index contributed by atoms with van der Waals surface area (Å²) in [7, 11) is 0. The molecule has 1 aliphatic heterocycles. The van der Waals surface area contributed by atoms with Gasteiger partial charge in [-0.25, -0.2) is 0 Å². The monoisotopic (exact) mass is 332 g/mol. The molecule has 1 saturated heterocycles. The Labute approximate surface area is 131 Å². The van der Waals surface area contributed by atoms with Crippen LogP contribution in [-0.4, -0.2) is 28.3 Å². The zero-order valence-corrected chi connectivity index (χ0v) is 13.1. The molecule has 3 nitrogen and oxygen atoms in total. The molecule has 0 atom stereocenters. The van der Waals surface area contributed by atoms with Crippen molar-refractivity contribution >= 4 is 17.4 Å². The number of hydrogen-bond acceptors (Lipinski definition) is 3. The quantitative estimate of drug-likeness (QED) is 0.802. The van der Waals surface area contributed by atoms with Gasteiger partial charge in [0.25, 0.3) is 5.91 Å². The van der Waals surface area contributed by atoms with Crippen molar-refractivity contribution in [1.82, 2.24) is 9.27 Å². The lowest BCUT2D eigenvalue weighted by Crippen LogP contribution is -2.37. The molecule has 1 aromatic heterocycles. The van der Waals surface area contributed by atoms with Crippen LogP contribution >= 0.6 is 11.5 Å². The van der Waals surface area contributed by atoms with Crippen LogP contribution in [0.2, 0.25) is 0 Å². The Balaban J connectivity index is 1.98. The van der Waals surface area contributed by atoms with Crippen LogP contribution in [-0.2, 0) is 6.18 Å². The molecule has 0 bridgehead atoms. The molecule has 1 saturated carbocycles. The van der Waals surface area contributed by atoms with E-state index < -0.39 is 17.0 Å². The molecular formula is C15H19F3N2OS. The van der Waals surface area contributed by atoms with E-state index in [4.69, 9.17) is 0 Å². The highest BCUT2D eigenvalue weighted by molar-refractivity contribution is 7.06. The number of nitrogens with zero attached hydrogens (tertiary/aromatic N) is 2. The van der Waals surface area contributed by atoms with Crippen molar-refractivity contribution in [3.05, 3.63) is 16.1 Å². The molecule has 0 aromatic carbocycles. The molecular weight excluding hydrogens is 313 g/mol. The molecule has 0 radical (unpaired) electrons. The van der Waals surface area contributed by atoms with Gasteiger partial charge < -0.3 is 4.90 Å². The summed E-state index contributed by atoms with van der Waals surface area (Å²) in [6.07, 6.45) is 1.93. The first-order valence-corrected chi connectivity index (χ1v) is 8.62. The number of likely N-dealkylation sites (tertiary alicyclic amines) is 1. The van der Waals surface area contributed by atoms with Gasteiger partial charge in [0.05, 0.1) is 11.3 Å². The SMILES string of the molecule is O=C(c1c(C2CCCC2)nsc1C(F)(F)F)N1CCCCC1. The number of amides is 1. The van der Waals surface area contributed by atoms with E-state index in [9.17, 15) is 18.0 Å². The number of alkyl halides is 3. The molecule has 1 aliphatic carbocycles. The average molecular weight is 332 g/mol. The third-order valence-electron chi connectivity index (χ3n) is 4.57. The minimum Gasteiger partial charge on any atom is -0.339 e. The van der Waals surface area contributed by atoms with Crippen LogP contribution in [0.4, 0.5) is 13.2 Å². The Bertz CT molecular complexity index is 543. The normalized spacial score (nSPS) is 20.6. The third kappa shape index (κ3) is 3.00. The number of carbonyl (C=O) groups is 1. The van der Waals surface area contributed by atoms with E-state index in [1.165, 1.54) is 0 Å². The fraction of sp³-hybridized carbons (Fsp3) is 0.733. The Morgan fingerprint density at radius 2 is 1.73 bits per heavy atom. The Hall–Kier alpha value is -1.11. The summed E-state index contributed by atoms with van der Waals surface area (Å²) < 4.78 is 43.9. The van der Waals surface area contributed by atoms with Crippen molar-refractivity contribution in [2.24, 2.45) is 0 Å². The molecule has 2 aliphatic rings. The zero-order chi connectivity index (χ0) is 15.7. The maximum absolute atomic E-state index is 13.3. The minimum atomic E-state index is -4.50. The lowest BCUT2D eigenvalue weighted by Gasteiger charge is -2.27. The second kappa shape index (κ2) is 6.18. The summed E-state index contributed by atoms with van der Waals surface area (Å²) in [6.45, 7) is 1.10. The maximum Gasteiger partial charge on any atom is 0.427 e. The summed E-state index contributed by atoms with van der Waals surface area (Å²) in [4.78, 5) is 13.5. The van der Waals surface area contributed by atoms with Gasteiger partial charge in [-0.3, -0.25) is 4.79 Å². The zero-order valence-electron chi connectivity index (χ0n) is 12.3. The second-order valence-electron chi connectivity index (χ2n) is 6.10. The van der Waals surface area contributed by atoms with Crippen molar-refractivity contribution in [3.8, 4) is 0 Å². The molecule has 122 valence electrons. The molecule has 3 rings (SSSR count). The van der Waals surface area contributed by atoms with Gasteiger partial charge in [-0.05, 0) is 43.6 Å². The van der Waals surface area contributed by atoms with Crippen molar-refractivity contribution < 1.29 is 18.0 Å². The number of carbonyl (C=O) groups excluding carboxylic acids is 1. The Morgan fingerprint density at radius 3 is 2.32 bits per heavy atom. The number of halogens is 3. The molecule has 22 heavy (non-hydrogen) atoms. The number of aromatic nitrogens is 1. The lowest BCUT2D eigenvalue weighted by atomic mass is 9.97. The summed E-state index contributed by atoms with van der Waals surface area (Å²) in [5.74, 6) is -0.459. The maximum atomic E-state index is 13.3. The molecule has 0 unspecified atom stereocenters. The topological polar surface area (TPSA) is 33.2 Å². The third-order valence-corrected chi connectivity index (χ3v) is 5.48. The van der Waals surface area contributed by atoms with E-state index in [0.29, 0.717) is 30.3 Å². The molecule has 1 amide bonds. The van der Waals surface area contributed by atoms with Gasteiger partial charge in [0.1, 0.15) is 4.88 Å². The fourth-order valence-corrected chi connectivity index (χ4v) is 4.25. The van der Waals surface area contributed by atoms with Gasteiger partial charge in [-0.2, -0.15) is 17.5 Å². The van der Waals surface area contributed by atoms with Crippen LogP contribution in [0.15, 0.2) is 0 Å². The van der Waals surface area contributed by atoms with Crippen molar-refractivity contribution in [2.45, 2.75) is 57.0 Å². The van der Waals surface area contributed by atoms with E-state index >= 15 is 0 Å². The fourth-order valence-electron chi connectivity index (χ4n) is 3.44. The number of piperidine rings is 1. The average Bonchev–Trinajstić information content (AvgIpc) is 3.15. The molecule has 1 aromatic rings. The summed E-state index contributed by atoms with van der Waals surface area (Å²) >= 11 is 0.440. The van der Waals surface area contributed by atoms with Crippen LogP contribution < -0.4 is 0 Å². The molecule has 7 heteroatoms. The van der Waals surface area contributed by atoms with Crippen LogP contribution in [0.1, 0.15) is 71.8 Å². The first kappa shape index (κ1) is 15.8. The second-order valence-corrected chi connectivity index (χ2v) is 6.88. The van der Waals surface area contributed by atoms with Gasteiger partial charge in [0.15, 0.2) is 0 Å². The molecule has 2 fully saturated rings. The standard InChI is InChI=1S/C15H19F3N2OS/c16-15(17,18)13-11(14(21)20-8-4-1-5-9-20)12(19-22-13)10-6-2-3-7-10/h10H,1-9H2. The van der Waals surface area contributed by atoms with E-state index in [1.807, 2.05) is 0 Å². The van der Waals surface area contributed by atoms with Crippen molar-refractivity contribution in [2.75, 3.05) is 13.1 Å². The predicted molar refractivity (Wildman–Crippen MR) is 78.1 cm³/mol. The first-order chi connectivity index (χ1) is 10.5. The number of rotatable bonds is 2. The largest absolute Gasteiger partial charge is 0.427 e. The van der Waals surface area contributed by atoms with Crippen LogP contribution in [0, 0.1) is 0 Å². The van der Waals surface area contributed by atoms with E-state index in [-0.39, 0.29) is 11.5 Å². The predicted octanol–water partition coefficient (Wildman–Crippen LogP) is 4.45. The Kier molecular flexibility index (Phi) is 4.43. The van der Waals surface area contributed by atoms with Gasteiger partial charge in [0.2, 0.25) is 0 Å². The summed E-state index contributed by atoms with van der Waals surface area (Å²) in [6, 6.07) is 0. The van der Waals surface area contributed by atoms with Crippen LogP contribution in [0.3, 0.4) is 0 Å². The minimum absolute atomic E-state index is 0.0103. The van der Waals surface area contributed by atoms with Crippen LogP contribution in [0.25, 0.3) is 0 Å². The summed E-state index contributed by atoms with van der Waals surface area (Å²) in [5, 5.41) is 0. The molecule has 0 N–H and O–H groups in total. The Morgan fingerprint density at radius 1 is 1.09 bits per heavy atom. The van der Waals surface area contributed by atoms with Gasteiger partial charge in [-0.15, -0.1) is 0 Å². The summed E-state index contributed by atoms with van der Waals surface area (Å²) in [5.41, 5.74) is 0.233. The van der Waals surface area contributed by atoms with E-state index in [0.717, 1.165) is 44.9 Å². The highest BCUT2D eigenvalue weighted by Crippen LogP contribution is 2.43. The number of hydrogen-bond donors (Lipinski definition) is 0. The molecule has 0 spiro atoms. The highest BCUT2D eigenvalue weighted by atomic mass is 32.1. The lowest BCUT2D eigenvalue weighted by molar-refractivity contribution is -0.134. The molecule has 2 heterocycles. The van der Waals surface area contributed by atoms with Crippen LogP contribution in [0.5, 0.6) is 0 Å². The van der Waals surface area contributed by atoms with Gasteiger partial charge >= 0.3 is 6.18 Å². The van der Waals surface area contributed by atoms with Crippen molar-refractivity contribution in [1.29, 1.82) is 0 Å². The smallest absolute Gasteiger partial charge is 0.339 e. The highest BCUT2D eigenvalue weighted by Gasteiger charge is 2.42. The van der Waals surface area contributed by atoms with Gasteiger partial charge in [-0.1, -0.05) is 12.8 Å². The van der Waals surface area contributed by atoms with E-state index in [2.05, 4.69) is 4.37 Å². The van der Waals surface area contributed by atoms with E-state index in [1.54, 1.807) is 4.90 Å². The van der Waals surface area contributed by atoms with Crippen molar-refractivity contribution in [3.63, 3.8) is 0 Å². The first-order valence-electron chi connectivity index (χ1n) is 7.84. The van der Waals surface area contributed by atoms with Gasteiger partial charge in [0, 0.05) is 19.0 Å².